The van der Waals surface area contributed by atoms with Gasteiger partial charge in [0.1, 0.15) is 0 Å². The Labute approximate surface area is 129 Å². The summed E-state index contributed by atoms with van der Waals surface area (Å²) in [5, 5.41) is 6.17. The second kappa shape index (κ2) is 9.91. The average Bonchev–Trinajstić information content (AvgIpc) is 2.42. The van der Waals surface area contributed by atoms with Crippen molar-refractivity contribution in [2.45, 2.75) is 25.8 Å². The third kappa shape index (κ3) is 7.62. The molecule has 1 aromatic rings. The maximum Gasteiger partial charge on any atom is 0.221 e. The summed E-state index contributed by atoms with van der Waals surface area (Å²) in [5.74, 6) is 0.0605. The Morgan fingerprint density at radius 3 is 2.65 bits per heavy atom. The van der Waals surface area contributed by atoms with Gasteiger partial charge in [-0.15, -0.1) is 0 Å². The number of amides is 1. The first-order chi connectivity index (χ1) is 9.61. The van der Waals surface area contributed by atoms with Gasteiger partial charge in [-0.05, 0) is 31.0 Å². The fourth-order valence-corrected chi connectivity index (χ4v) is 2.12. The number of nitrogens with one attached hydrogen (secondary N) is 2. The predicted octanol–water partition coefficient (Wildman–Crippen LogP) is 2.12. The number of carbonyl (C=O) groups is 1. The van der Waals surface area contributed by atoms with Crippen molar-refractivity contribution in [1.29, 1.82) is 0 Å². The van der Waals surface area contributed by atoms with Crippen LogP contribution in [0.5, 0.6) is 0 Å². The number of hydrogen-bond acceptors (Lipinski definition) is 3. The van der Waals surface area contributed by atoms with Crippen molar-refractivity contribution in [1.82, 2.24) is 10.6 Å². The number of hydrogen-bond donors (Lipinski definition) is 2. The van der Waals surface area contributed by atoms with E-state index < -0.39 is 0 Å². The highest BCUT2D eigenvalue weighted by atomic mass is 79.9. The molecule has 0 aliphatic heterocycles. The minimum Gasteiger partial charge on any atom is -0.383 e. The Bertz CT molecular complexity index is 395. The van der Waals surface area contributed by atoms with E-state index in [1.54, 1.807) is 7.11 Å². The van der Waals surface area contributed by atoms with E-state index in [2.05, 4.69) is 45.6 Å². The molecule has 0 radical (unpaired) electrons. The van der Waals surface area contributed by atoms with E-state index in [0.717, 1.165) is 10.9 Å². The summed E-state index contributed by atoms with van der Waals surface area (Å²) in [6, 6.07) is 8.67. The van der Waals surface area contributed by atoms with Gasteiger partial charge in [-0.2, -0.15) is 0 Å². The van der Waals surface area contributed by atoms with Crippen LogP contribution in [0.1, 0.15) is 18.9 Å². The molecule has 112 valence electrons. The van der Waals surface area contributed by atoms with Gasteiger partial charge in [0.05, 0.1) is 6.61 Å². The quantitative estimate of drug-likeness (QED) is 0.676. The topological polar surface area (TPSA) is 50.4 Å². The fraction of sp³-hybridized carbons (Fsp3) is 0.533. The number of methoxy groups -OCH3 is 1. The van der Waals surface area contributed by atoms with Crippen LogP contribution in [0.3, 0.4) is 0 Å². The molecule has 20 heavy (non-hydrogen) atoms. The molecule has 1 atom stereocenters. The van der Waals surface area contributed by atoms with Crippen LogP contribution in [0.25, 0.3) is 0 Å². The molecular formula is C15H23BrN2O2. The summed E-state index contributed by atoms with van der Waals surface area (Å²) in [6.07, 6.45) is 1.45. The minimum absolute atomic E-state index is 0.0605. The highest BCUT2D eigenvalue weighted by Crippen LogP contribution is 2.11. The fourth-order valence-electron chi connectivity index (χ4n) is 1.86. The summed E-state index contributed by atoms with van der Waals surface area (Å²) in [7, 11) is 1.62. The van der Waals surface area contributed by atoms with Crippen molar-refractivity contribution in [3.63, 3.8) is 0 Å². The van der Waals surface area contributed by atoms with E-state index in [9.17, 15) is 4.79 Å². The van der Waals surface area contributed by atoms with Crippen molar-refractivity contribution in [2.75, 3.05) is 26.8 Å². The zero-order valence-corrected chi connectivity index (χ0v) is 13.7. The lowest BCUT2D eigenvalue weighted by Gasteiger charge is -2.14. The van der Waals surface area contributed by atoms with Gasteiger partial charge in [0.25, 0.3) is 0 Å². The number of carbonyl (C=O) groups excluding carboxylic acids is 1. The van der Waals surface area contributed by atoms with Crippen LogP contribution in [0, 0.1) is 0 Å². The molecule has 5 heteroatoms. The molecule has 0 heterocycles. The maximum atomic E-state index is 11.5. The second-order valence-corrected chi connectivity index (χ2v) is 5.69. The van der Waals surface area contributed by atoms with Gasteiger partial charge in [-0.3, -0.25) is 4.79 Å². The third-order valence-corrected chi connectivity index (χ3v) is 3.46. The highest BCUT2D eigenvalue weighted by Gasteiger charge is 2.05. The number of halogens is 1. The molecule has 0 saturated heterocycles. The van der Waals surface area contributed by atoms with Crippen LogP contribution in [0.2, 0.25) is 0 Å². The molecule has 0 aliphatic carbocycles. The zero-order chi connectivity index (χ0) is 14.8. The van der Waals surface area contributed by atoms with Crippen molar-refractivity contribution in [3.8, 4) is 0 Å². The van der Waals surface area contributed by atoms with Crippen LogP contribution in [-0.2, 0) is 16.0 Å². The molecule has 2 N–H and O–H groups in total. The number of ether oxygens (including phenoxy) is 1. The van der Waals surface area contributed by atoms with Gasteiger partial charge in [0.15, 0.2) is 0 Å². The Hall–Kier alpha value is -0.910. The van der Waals surface area contributed by atoms with Gasteiger partial charge in [-0.25, -0.2) is 0 Å². The average molecular weight is 343 g/mol. The summed E-state index contributed by atoms with van der Waals surface area (Å²) < 4.78 is 5.97. The van der Waals surface area contributed by atoms with E-state index in [4.69, 9.17) is 4.74 Å². The van der Waals surface area contributed by atoms with Crippen molar-refractivity contribution >= 4 is 21.8 Å². The molecule has 0 bridgehead atoms. The van der Waals surface area contributed by atoms with E-state index in [1.165, 1.54) is 5.56 Å². The summed E-state index contributed by atoms with van der Waals surface area (Å²) >= 11 is 3.43. The van der Waals surface area contributed by atoms with Crippen molar-refractivity contribution in [2.24, 2.45) is 0 Å². The molecule has 1 aromatic carbocycles. The second-order valence-electron chi connectivity index (χ2n) is 4.78. The van der Waals surface area contributed by atoms with E-state index in [1.807, 2.05) is 12.1 Å². The minimum atomic E-state index is 0.0605. The molecular weight excluding hydrogens is 320 g/mol. The lowest BCUT2D eigenvalue weighted by molar-refractivity contribution is -0.121. The molecule has 0 spiro atoms. The molecule has 0 aromatic heterocycles. The molecule has 1 amide bonds. The number of rotatable bonds is 9. The Morgan fingerprint density at radius 2 is 2.00 bits per heavy atom. The SMILES string of the molecule is COCCNC(=O)CCNC(C)Cc1ccc(Br)cc1. The van der Waals surface area contributed by atoms with Crippen LogP contribution in [-0.4, -0.2) is 38.8 Å². The standard InChI is InChI=1S/C15H23BrN2O2/c1-12(11-13-3-5-14(16)6-4-13)17-8-7-15(19)18-9-10-20-2/h3-6,12,17H,7-11H2,1-2H3,(H,18,19). The monoisotopic (exact) mass is 342 g/mol. The van der Waals surface area contributed by atoms with Crippen LogP contribution in [0.4, 0.5) is 0 Å². The predicted molar refractivity (Wildman–Crippen MR) is 84.8 cm³/mol. The van der Waals surface area contributed by atoms with Crippen LogP contribution in [0.15, 0.2) is 28.7 Å². The first-order valence-corrected chi connectivity index (χ1v) is 7.64. The van der Waals surface area contributed by atoms with E-state index in [0.29, 0.717) is 32.2 Å². The van der Waals surface area contributed by atoms with Gasteiger partial charge < -0.3 is 15.4 Å². The van der Waals surface area contributed by atoms with E-state index in [-0.39, 0.29) is 5.91 Å². The molecule has 0 fully saturated rings. The van der Waals surface area contributed by atoms with Gasteiger partial charge in [0.2, 0.25) is 5.91 Å². The van der Waals surface area contributed by atoms with Gasteiger partial charge in [-0.1, -0.05) is 28.1 Å². The molecule has 0 aliphatic rings. The molecule has 1 unspecified atom stereocenters. The van der Waals surface area contributed by atoms with Crippen LogP contribution < -0.4 is 10.6 Å². The normalized spacial score (nSPS) is 12.2. The van der Waals surface area contributed by atoms with E-state index >= 15 is 0 Å². The van der Waals surface area contributed by atoms with Crippen molar-refractivity contribution in [3.05, 3.63) is 34.3 Å². The highest BCUT2D eigenvalue weighted by molar-refractivity contribution is 9.10. The summed E-state index contributed by atoms with van der Waals surface area (Å²) in [5.41, 5.74) is 1.29. The lowest BCUT2D eigenvalue weighted by atomic mass is 10.1. The lowest BCUT2D eigenvalue weighted by Crippen LogP contribution is -2.34. The Morgan fingerprint density at radius 1 is 1.30 bits per heavy atom. The van der Waals surface area contributed by atoms with Crippen molar-refractivity contribution < 1.29 is 9.53 Å². The summed E-state index contributed by atoms with van der Waals surface area (Å²) in [6.45, 7) is 3.95. The smallest absolute Gasteiger partial charge is 0.221 e. The molecule has 1 rings (SSSR count). The zero-order valence-electron chi connectivity index (χ0n) is 12.1. The van der Waals surface area contributed by atoms with Gasteiger partial charge in [0, 0.05) is 37.1 Å². The maximum absolute atomic E-state index is 11.5. The Kier molecular flexibility index (Phi) is 8.49. The summed E-state index contributed by atoms with van der Waals surface area (Å²) in [4.78, 5) is 11.5. The first kappa shape index (κ1) is 17.1. The molecule has 0 saturated carbocycles. The first-order valence-electron chi connectivity index (χ1n) is 6.85. The largest absolute Gasteiger partial charge is 0.383 e. The van der Waals surface area contributed by atoms with Gasteiger partial charge >= 0.3 is 0 Å². The third-order valence-electron chi connectivity index (χ3n) is 2.93. The van der Waals surface area contributed by atoms with Crippen LogP contribution >= 0.6 is 15.9 Å². The molecule has 4 nitrogen and oxygen atoms in total. The Balaban J connectivity index is 2.15. The number of benzene rings is 1.